The van der Waals surface area contributed by atoms with Gasteiger partial charge in [0.1, 0.15) is 0 Å². The van der Waals surface area contributed by atoms with Gasteiger partial charge in [-0.05, 0) is 42.7 Å². The minimum Gasteiger partial charge on any atom is -0.462 e. The molecule has 0 heterocycles. The molecular weight excluding hydrogens is 388 g/mol. The van der Waals surface area contributed by atoms with Crippen molar-refractivity contribution in [2.75, 3.05) is 13.2 Å². The van der Waals surface area contributed by atoms with Crippen LogP contribution in [-0.4, -0.2) is 25.2 Å². The largest absolute Gasteiger partial charge is 0.462 e. The second kappa shape index (κ2) is 15.7. The molecule has 0 saturated carbocycles. The van der Waals surface area contributed by atoms with Gasteiger partial charge < -0.3 is 9.47 Å². The first-order valence-corrected chi connectivity index (χ1v) is 12.1. The molecule has 0 amide bonds. The topological polar surface area (TPSA) is 52.6 Å². The Morgan fingerprint density at radius 3 is 1.94 bits per heavy atom. The molecule has 2 atom stereocenters. The van der Waals surface area contributed by atoms with E-state index in [0.717, 1.165) is 56.9 Å². The number of benzene rings is 1. The highest BCUT2D eigenvalue weighted by atomic mass is 16.5. The van der Waals surface area contributed by atoms with E-state index in [0.29, 0.717) is 37.0 Å². The van der Waals surface area contributed by atoms with Crippen LogP contribution >= 0.6 is 0 Å². The monoisotopic (exact) mass is 430 g/mol. The summed E-state index contributed by atoms with van der Waals surface area (Å²) >= 11 is 0. The summed E-state index contributed by atoms with van der Waals surface area (Å²) in [6, 6.07) is 5.29. The van der Waals surface area contributed by atoms with Crippen LogP contribution in [0.3, 0.4) is 0 Å². The molecule has 0 N–H and O–H groups in total. The third-order valence-corrected chi connectivity index (χ3v) is 5.93. The van der Waals surface area contributed by atoms with E-state index in [9.17, 15) is 9.59 Å². The molecule has 0 aromatic heterocycles. The van der Waals surface area contributed by atoms with Gasteiger partial charge in [0.05, 0.1) is 24.3 Å². The number of allylic oxidation sites excluding steroid dienone is 1. The van der Waals surface area contributed by atoms with Crippen LogP contribution in [0.1, 0.15) is 105 Å². The predicted octanol–water partition coefficient (Wildman–Crippen LogP) is 7.16. The van der Waals surface area contributed by atoms with Crippen LogP contribution in [0, 0.1) is 11.8 Å². The highest BCUT2D eigenvalue weighted by Gasteiger charge is 2.24. The summed E-state index contributed by atoms with van der Waals surface area (Å²) in [5.41, 5.74) is 1.35. The first-order valence-electron chi connectivity index (χ1n) is 12.1. The molecule has 0 fully saturated rings. The summed E-state index contributed by atoms with van der Waals surface area (Å²) in [7, 11) is 0. The molecule has 0 radical (unpaired) electrons. The van der Waals surface area contributed by atoms with Crippen molar-refractivity contribution in [2.24, 2.45) is 11.8 Å². The number of carbonyl (C=O) groups excluding carboxylic acids is 2. The summed E-state index contributed by atoms with van der Waals surface area (Å²) in [6.07, 6.45) is 10.7. The Kier molecular flexibility index (Phi) is 13.6. The van der Waals surface area contributed by atoms with Gasteiger partial charge in [-0.25, -0.2) is 9.59 Å². The molecule has 0 spiro atoms. The molecule has 0 aliphatic heterocycles. The molecule has 1 rings (SSSR count). The van der Waals surface area contributed by atoms with E-state index in [1.54, 1.807) is 18.2 Å². The van der Waals surface area contributed by atoms with Gasteiger partial charge in [0, 0.05) is 0 Å². The molecule has 1 aromatic carbocycles. The van der Waals surface area contributed by atoms with E-state index < -0.39 is 11.9 Å². The molecular formula is C27H42O4. The molecule has 0 bridgehead atoms. The Bertz CT molecular complexity index is 680. The van der Waals surface area contributed by atoms with E-state index in [1.807, 2.05) is 6.07 Å². The summed E-state index contributed by atoms with van der Waals surface area (Å²) < 4.78 is 11.3. The Labute approximate surface area is 189 Å². The second-order valence-corrected chi connectivity index (χ2v) is 8.36. The first kappa shape index (κ1) is 26.9. The van der Waals surface area contributed by atoms with Gasteiger partial charge in [0.15, 0.2) is 0 Å². The fourth-order valence-electron chi connectivity index (χ4n) is 3.67. The highest BCUT2D eigenvalue weighted by Crippen LogP contribution is 2.22. The second-order valence-electron chi connectivity index (χ2n) is 8.36. The smallest absolute Gasteiger partial charge is 0.339 e. The van der Waals surface area contributed by atoms with Crippen LogP contribution in [0.15, 0.2) is 30.9 Å². The van der Waals surface area contributed by atoms with Gasteiger partial charge in [0.2, 0.25) is 0 Å². The zero-order valence-electron chi connectivity index (χ0n) is 20.1. The minimum atomic E-state index is -0.453. The van der Waals surface area contributed by atoms with E-state index in [-0.39, 0.29) is 5.56 Å². The fourth-order valence-corrected chi connectivity index (χ4v) is 3.67. The van der Waals surface area contributed by atoms with Gasteiger partial charge in [0.25, 0.3) is 0 Å². The van der Waals surface area contributed by atoms with Gasteiger partial charge in [-0.3, -0.25) is 0 Å². The Morgan fingerprint density at radius 1 is 0.903 bits per heavy atom. The van der Waals surface area contributed by atoms with Crippen molar-refractivity contribution >= 4 is 11.9 Å². The number of esters is 2. The SMILES string of the molecule is C=CCc1cccc(C(=O)OCC(CC)CCCC)c1C(=O)OCC(CC)CCCC. The number of hydrogen-bond donors (Lipinski definition) is 0. The molecule has 0 saturated heterocycles. The average molecular weight is 431 g/mol. The Balaban J connectivity index is 2.98. The van der Waals surface area contributed by atoms with Crippen LogP contribution in [-0.2, 0) is 15.9 Å². The maximum Gasteiger partial charge on any atom is 0.339 e. The van der Waals surface area contributed by atoms with Gasteiger partial charge >= 0.3 is 11.9 Å². The lowest BCUT2D eigenvalue weighted by molar-refractivity contribution is 0.0380. The third kappa shape index (κ3) is 9.28. The van der Waals surface area contributed by atoms with Crippen molar-refractivity contribution in [3.63, 3.8) is 0 Å². The molecule has 31 heavy (non-hydrogen) atoms. The molecule has 4 heteroatoms. The number of hydrogen-bond acceptors (Lipinski definition) is 4. The third-order valence-electron chi connectivity index (χ3n) is 5.93. The number of unbranched alkanes of at least 4 members (excludes halogenated alkanes) is 2. The normalized spacial score (nSPS) is 12.8. The van der Waals surface area contributed by atoms with E-state index in [1.165, 1.54) is 0 Å². The maximum atomic E-state index is 13.0. The van der Waals surface area contributed by atoms with Gasteiger partial charge in [-0.1, -0.05) is 84.4 Å². The summed E-state index contributed by atoms with van der Waals surface area (Å²) in [6.45, 7) is 13.1. The molecule has 0 aliphatic carbocycles. The van der Waals surface area contributed by atoms with Crippen molar-refractivity contribution in [3.8, 4) is 0 Å². The lowest BCUT2D eigenvalue weighted by Gasteiger charge is -2.18. The van der Waals surface area contributed by atoms with Crippen molar-refractivity contribution in [2.45, 2.75) is 85.5 Å². The molecule has 2 unspecified atom stereocenters. The number of rotatable bonds is 16. The lowest BCUT2D eigenvalue weighted by Crippen LogP contribution is -2.21. The highest BCUT2D eigenvalue weighted by molar-refractivity contribution is 6.04. The number of ether oxygens (including phenoxy) is 2. The quantitative estimate of drug-likeness (QED) is 0.206. The molecule has 174 valence electrons. The van der Waals surface area contributed by atoms with Crippen LogP contribution < -0.4 is 0 Å². The molecule has 4 nitrogen and oxygen atoms in total. The van der Waals surface area contributed by atoms with Crippen LogP contribution in [0.5, 0.6) is 0 Å². The molecule has 1 aromatic rings. The van der Waals surface area contributed by atoms with Crippen molar-refractivity contribution in [1.29, 1.82) is 0 Å². The van der Waals surface area contributed by atoms with Crippen molar-refractivity contribution in [1.82, 2.24) is 0 Å². The standard InChI is InChI=1S/C27H42O4/c1-6-11-15-21(9-4)19-30-26(28)24-18-13-17-23(14-8-3)25(24)27(29)31-20-22(10-5)16-12-7-2/h8,13,17-18,21-22H,3,6-7,9-12,14-16,19-20H2,1-2,4-5H3. The summed E-state index contributed by atoms with van der Waals surface area (Å²) in [4.78, 5) is 25.9. The zero-order chi connectivity index (χ0) is 23.1. The lowest BCUT2D eigenvalue weighted by atomic mass is 9.97. The van der Waals surface area contributed by atoms with E-state index in [4.69, 9.17) is 9.47 Å². The summed E-state index contributed by atoms with van der Waals surface area (Å²) in [5, 5.41) is 0. The summed E-state index contributed by atoms with van der Waals surface area (Å²) in [5.74, 6) is -0.211. The Morgan fingerprint density at radius 2 is 1.45 bits per heavy atom. The van der Waals surface area contributed by atoms with E-state index in [2.05, 4.69) is 34.3 Å². The maximum absolute atomic E-state index is 13.0. The van der Waals surface area contributed by atoms with Crippen molar-refractivity contribution in [3.05, 3.63) is 47.5 Å². The van der Waals surface area contributed by atoms with Crippen LogP contribution in [0.2, 0.25) is 0 Å². The van der Waals surface area contributed by atoms with Crippen molar-refractivity contribution < 1.29 is 19.1 Å². The number of carbonyl (C=O) groups is 2. The van der Waals surface area contributed by atoms with Gasteiger partial charge in [-0.15, -0.1) is 6.58 Å². The minimum absolute atomic E-state index is 0.288. The zero-order valence-corrected chi connectivity index (χ0v) is 20.1. The predicted molar refractivity (Wildman–Crippen MR) is 128 cm³/mol. The fraction of sp³-hybridized carbons (Fsp3) is 0.630. The van der Waals surface area contributed by atoms with Crippen LogP contribution in [0.25, 0.3) is 0 Å². The molecule has 0 aliphatic rings. The first-order chi connectivity index (χ1) is 15.0. The van der Waals surface area contributed by atoms with Crippen LogP contribution in [0.4, 0.5) is 0 Å². The van der Waals surface area contributed by atoms with Gasteiger partial charge in [-0.2, -0.15) is 0 Å². The average Bonchev–Trinajstić information content (AvgIpc) is 2.79. The Hall–Kier alpha value is -2.10. The van der Waals surface area contributed by atoms with E-state index >= 15 is 0 Å².